The van der Waals surface area contributed by atoms with Crippen LogP contribution in [-0.2, 0) is 10.0 Å². The quantitative estimate of drug-likeness (QED) is 0.344. The van der Waals surface area contributed by atoms with Crippen molar-refractivity contribution in [2.24, 2.45) is 4.52 Å². The molecule has 0 aromatic rings. The SMILES string of the molecule is [N-]=[N+]=NS(=O)(=O)C(F)(F)C(F)(F)C(F)(F)C(F)(F)F. The smallest absolute Gasteiger partial charge is 0.214 e. The summed E-state index contributed by atoms with van der Waals surface area (Å²) in [7, 11) is -6.97. The van der Waals surface area contributed by atoms with Crippen LogP contribution in [0.4, 0.5) is 39.5 Å². The molecule has 0 saturated carbocycles. The number of nitrogens with zero attached hydrogens (tertiary/aromatic N) is 3. The first-order valence-electron chi connectivity index (χ1n) is 3.57. The van der Waals surface area contributed by atoms with Gasteiger partial charge in [0.2, 0.25) is 0 Å². The summed E-state index contributed by atoms with van der Waals surface area (Å²) in [6.45, 7) is 0. The van der Waals surface area contributed by atoms with Crippen molar-refractivity contribution in [3.8, 4) is 0 Å². The van der Waals surface area contributed by atoms with Crippen LogP contribution in [0.25, 0.3) is 10.4 Å². The van der Waals surface area contributed by atoms with E-state index in [1.54, 1.807) is 0 Å². The zero-order chi connectivity index (χ0) is 15.9. The van der Waals surface area contributed by atoms with E-state index in [4.69, 9.17) is 5.53 Å². The summed E-state index contributed by atoms with van der Waals surface area (Å²) < 4.78 is 131. The Morgan fingerprint density at radius 2 is 1.21 bits per heavy atom. The van der Waals surface area contributed by atoms with E-state index in [1.807, 2.05) is 0 Å². The minimum absolute atomic E-state index is 1.11. The van der Waals surface area contributed by atoms with Crippen molar-refractivity contribution in [1.82, 2.24) is 0 Å². The Labute approximate surface area is 97.2 Å². The van der Waals surface area contributed by atoms with E-state index in [0.29, 0.717) is 0 Å². The summed E-state index contributed by atoms with van der Waals surface area (Å²) in [4.78, 5) is 1.13. The molecule has 0 N–H and O–H groups in total. The lowest BCUT2D eigenvalue weighted by Gasteiger charge is -2.31. The third-order valence-corrected chi connectivity index (χ3v) is 2.78. The molecule has 0 heterocycles. The Kier molecular flexibility index (Phi) is 4.02. The van der Waals surface area contributed by atoms with Crippen LogP contribution in [0.1, 0.15) is 0 Å². The molecule has 5 nitrogen and oxygen atoms in total. The van der Waals surface area contributed by atoms with Gasteiger partial charge in [-0.25, -0.2) is 8.42 Å². The summed E-state index contributed by atoms with van der Waals surface area (Å²) in [6.07, 6.45) is -7.16. The second-order valence-corrected chi connectivity index (χ2v) is 4.44. The van der Waals surface area contributed by atoms with E-state index < -0.39 is 33.3 Å². The van der Waals surface area contributed by atoms with Crippen molar-refractivity contribution in [2.75, 3.05) is 0 Å². The molecule has 0 aliphatic rings. The van der Waals surface area contributed by atoms with E-state index in [0.717, 1.165) is 9.43 Å². The highest BCUT2D eigenvalue weighted by molar-refractivity contribution is 7.91. The number of sulfonamides is 1. The molecule has 0 unspecified atom stereocenters. The van der Waals surface area contributed by atoms with Gasteiger partial charge in [0.1, 0.15) is 0 Å². The topological polar surface area (TPSA) is 82.9 Å². The average molecular weight is 325 g/mol. The Morgan fingerprint density at radius 1 is 0.842 bits per heavy atom. The third-order valence-electron chi connectivity index (χ3n) is 1.58. The molecule has 0 spiro atoms. The Hall–Kier alpha value is -1.37. The van der Waals surface area contributed by atoms with Crippen molar-refractivity contribution < 1.29 is 47.9 Å². The van der Waals surface area contributed by atoms with Crippen LogP contribution in [0.15, 0.2) is 4.52 Å². The summed E-state index contributed by atoms with van der Waals surface area (Å²) in [6, 6.07) is 0. The largest absolute Gasteiger partial charge is 0.460 e. The van der Waals surface area contributed by atoms with Crippen molar-refractivity contribution in [3.63, 3.8) is 0 Å². The van der Waals surface area contributed by atoms with Gasteiger partial charge in [-0.1, -0.05) is 0 Å². The molecule has 0 aliphatic carbocycles. The zero-order valence-corrected chi connectivity index (χ0v) is 8.78. The van der Waals surface area contributed by atoms with E-state index in [2.05, 4.69) is 0 Å². The molecule has 0 amide bonds. The molecule has 0 aromatic carbocycles. The van der Waals surface area contributed by atoms with E-state index >= 15 is 0 Å². The average Bonchev–Trinajstić information content (AvgIpc) is 2.14. The van der Waals surface area contributed by atoms with Gasteiger partial charge in [0.15, 0.2) is 0 Å². The lowest BCUT2D eigenvalue weighted by atomic mass is 10.1. The number of halogens is 9. The molecule has 0 radical (unpaired) electrons. The molecule has 0 aliphatic heterocycles. The highest BCUT2D eigenvalue weighted by Crippen LogP contribution is 2.54. The van der Waals surface area contributed by atoms with Crippen LogP contribution in [0, 0.1) is 0 Å². The second-order valence-electron chi connectivity index (χ2n) is 2.81. The first-order valence-corrected chi connectivity index (χ1v) is 5.01. The van der Waals surface area contributed by atoms with Crippen molar-refractivity contribution in [3.05, 3.63) is 10.4 Å². The highest BCUT2D eigenvalue weighted by atomic mass is 32.2. The number of rotatable bonds is 4. The predicted molar refractivity (Wildman–Crippen MR) is 39.0 cm³/mol. The maximum atomic E-state index is 12.6. The first kappa shape index (κ1) is 17.6. The van der Waals surface area contributed by atoms with Crippen LogP contribution in [0.2, 0.25) is 0 Å². The Balaban J connectivity index is 6.14. The van der Waals surface area contributed by atoms with Crippen LogP contribution < -0.4 is 0 Å². The summed E-state index contributed by atoms with van der Waals surface area (Å²) in [5.41, 5.74) is 7.48. The number of hydrogen-bond donors (Lipinski definition) is 0. The van der Waals surface area contributed by atoms with Gasteiger partial charge in [0.25, 0.3) is 0 Å². The Bertz CT molecular complexity index is 502. The summed E-state index contributed by atoms with van der Waals surface area (Å²) >= 11 is 0. The fourth-order valence-corrected chi connectivity index (χ4v) is 1.27. The van der Waals surface area contributed by atoms with Crippen LogP contribution in [-0.4, -0.2) is 31.7 Å². The van der Waals surface area contributed by atoms with E-state index in [9.17, 15) is 47.9 Å². The van der Waals surface area contributed by atoms with Gasteiger partial charge in [-0.15, -0.1) is 0 Å². The molecule has 0 saturated heterocycles. The highest BCUT2D eigenvalue weighted by Gasteiger charge is 2.85. The van der Waals surface area contributed by atoms with Gasteiger partial charge in [-0.2, -0.15) is 39.5 Å². The van der Waals surface area contributed by atoms with Crippen molar-refractivity contribution in [2.45, 2.75) is 23.3 Å². The monoisotopic (exact) mass is 325 g/mol. The molecule has 0 aromatic heterocycles. The molecule has 112 valence electrons. The summed E-state index contributed by atoms with van der Waals surface area (Å²) in [5, 5.41) is -6.97. The van der Waals surface area contributed by atoms with Crippen LogP contribution >= 0.6 is 0 Å². The lowest BCUT2D eigenvalue weighted by Crippen LogP contribution is -2.62. The number of hydrogen-bond acceptors (Lipinski definition) is 2. The van der Waals surface area contributed by atoms with E-state index in [-0.39, 0.29) is 0 Å². The molecule has 19 heavy (non-hydrogen) atoms. The fraction of sp³-hybridized carbons (Fsp3) is 1.00. The molecule has 0 fully saturated rings. The van der Waals surface area contributed by atoms with Gasteiger partial charge in [-0.3, -0.25) is 0 Å². The van der Waals surface area contributed by atoms with Gasteiger partial charge < -0.3 is 0 Å². The molecular formula is C4F9N3O2S. The number of azide groups is 1. The maximum Gasteiger partial charge on any atom is 0.460 e. The van der Waals surface area contributed by atoms with Crippen LogP contribution in [0.3, 0.4) is 0 Å². The van der Waals surface area contributed by atoms with Crippen molar-refractivity contribution >= 4 is 10.0 Å². The van der Waals surface area contributed by atoms with Gasteiger partial charge in [0, 0.05) is 9.43 Å². The lowest BCUT2D eigenvalue weighted by molar-refractivity contribution is -0.382. The van der Waals surface area contributed by atoms with Gasteiger partial charge >= 0.3 is 33.3 Å². The summed E-state index contributed by atoms with van der Waals surface area (Å²) in [5.74, 6) is -14.8. The maximum absolute atomic E-state index is 12.6. The minimum Gasteiger partial charge on any atom is -0.214 e. The number of alkyl halides is 9. The van der Waals surface area contributed by atoms with Gasteiger partial charge in [-0.05, 0) is 5.53 Å². The third kappa shape index (κ3) is 2.39. The predicted octanol–water partition coefficient (Wildman–Crippen LogP) is 3.05. The van der Waals surface area contributed by atoms with Gasteiger partial charge in [0.05, 0.1) is 0 Å². The molecular weight excluding hydrogens is 325 g/mol. The van der Waals surface area contributed by atoms with Crippen LogP contribution in [0.5, 0.6) is 0 Å². The van der Waals surface area contributed by atoms with Crippen molar-refractivity contribution in [1.29, 1.82) is 0 Å². The minimum atomic E-state index is -7.38. The second kappa shape index (κ2) is 4.33. The fourth-order valence-electron chi connectivity index (χ4n) is 0.622. The standard InChI is InChI=1S/C4F9N3O2S/c5-1(6,3(9,10)11)2(7,8)4(12,13)19(17,18)16-15-14. The molecule has 0 rings (SSSR count). The normalized spacial score (nSPS) is 15.0. The molecule has 0 bridgehead atoms. The zero-order valence-electron chi connectivity index (χ0n) is 7.97. The van der Waals surface area contributed by atoms with E-state index in [1.165, 1.54) is 0 Å². The molecule has 0 atom stereocenters. The molecule has 15 heteroatoms. The Morgan fingerprint density at radius 3 is 1.47 bits per heavy atom. The first-order chi connectivity index (χ1) is 8.06.